The number of carbonyl (C=O) groups excluding carboxylic acids is 1. The number of aliphatic hydroxyl groups is 1. The summed E-state index contributed by atoms with van der Waals surface area (Å²) in [7, 11) is 1.60. The number of nitrogens with zero attached hydrogens (tertiary/aromatic N) is 1. The first-order chi connectivity index (χ1) is 10.8. The number of hydrogen-bond acceptors (Lipinski definition) is 5. The fourth-order valence-corrected chi connectivity index (χ4v) is 2.54. The number of likely N-dealkylation sites (tertiary alicyclic amines) is 1. The first-order valence-corrected chi connectivity index (χ1v) is 7.73. The normalized spacial score (nSPS) is 21.2. The van der Waals surface area contributed by atoms with E-state index < -0.39 is 11.7 Å². The fourth-order valence-electron chi connectivity index (χ4n) is 2.54. The molecule has 2 rings (SSSR count). The van der Waals surface area contributed by atoms with E-state index in [4.69, 9.17) is 14.2 Å². The summed E-state index contributed by atoms with van der Waals surface area (Å²) in [6.07, 6.45) is -0.0486. The minimum atomic E-state index is -0.567. The third-order valence-electron chi connectivity index (χ3n) is 3.56. The Hall–Kier alpha value is -1.95. The van der Waals surface area contributed by atoms with Crippen LogP contribution in [0.2, 0.25) is 0 Å². The van der Waals surface area contributed by atoms with Crippen molar-refractivity contribution in [1.29, 1.82) is 0 Å². The molecule has 0 spiro atoms. The molecule has 1 aromatic rings. The number of amides is 1. The van der Waals surface area contributed by atoms with Gasteiger partial charge in [-0.25, -0.2) is 4.79 Å². The molecule has 1 aliphatic rings. The van der Waals surface area contributed by atoms with Crippen molar-refractivity contribution in [3.8, 4) is 11.5 Å². The number of rotatable bonds is 4. The van der Waals surface area contributed by atoms with Crippen LogP contribution in [-0.4, -0.2) is 54.1 Å². The summed E-state index contributed by atoms with van der Waals surface area (Å²) < 4.78 is 16.5. The molecule has 1 aliphatic heterocycles. The molecule has 0 aliphatic carbocycles. The number of methoxy groups -OCH3 is 1. The average Bonchev–Trinajstić information content (AvgIpc) is 2.89. The second-order valence-electron chi connectivity index (χ2n) is 6.62. The molecule has 6 nitrogen and oxygen atoms in total. The van der Waals surface area contributed by atoms with Crippen molar-refractivity contribution in [2.24, 2.45) is 0 Å². The Labute approximate surface area is 136 Å². The molecule has 0 saturated carbocycles. The molecule has 2 unspecified atom stereocenters. The van der Waals surface area contributed by atoms with Gasteiger partial charge in [-0.1, -0.05) is 6.07 Å². The maximum Gasteiger partial charge on any atom is 0.410 e. The molecular weight excluding hydrogens is 298 g/mol. The largest absolute Gasteiger partial charge is 0.497 e. The van der Waals surface area contributed by atoms with E-state index >= 15 is 0 Å². The molecular formula is C17H25NO5. The lowest BCUT2D eigenvalue weighted by Gasteiger charge is -2.27. The van der Waals surface area contributed by atoms with Crippen LogP contribution in [0.1, 0.15) is 27.2 Å². The predicted octanol–water partition coefficient (Wildman–Crippen LogP) is 2.44. The number of aliphatic hydroxyl groups excluding tert-OH is 1. The Morgan fingerprint density at radius 2 is 2.04 bits per heavy atom. The molecule has 1 amide bonds. The SMILES string of the molecule is COc1cccc(OC2CC(CO)N(C(=O)OC(C)(C)C)C2)c1. The Bertz CT molecular complexity index is 540. The van der Waals surface area contributed by atoms with Gasteiger partial charge in [-0.3, -0.25) is 4.90 Å². The number of benzene rings is 1. The smallest absolute Gasteiger partial charge is 0.410 e. The second-order valence-corrected chi connectivity index (χ2v) is 6.62. The minimum Gasteiger partial charge on any atom is -0.497 e. The van der Waals surface area contributed by atoms with Crippen molar-refractivity contribution >= 4 is 6.09 Å². The summed E-state index contributed by atoms with van der Waals surface area (Å²) in [5, 5.41) is 9.52. The summed E-state index contributed by atoms with van der Waals surface area (Å²) >= 11 is 0. The van der Waals surface area contributed by atoms with Gasteiger partial charge in [0, 0.05) is 12.5 Å². The van der Waals surface area contributed by atoms with Crippen LogP contribution in [0.4, 0.5) is 4.79 Å². The van der Waals surface area contributed by atoms with Gasteiger partial charge in [0.15, 0.2) is 0 Å². The van der Waals surface area contributed by atoms with E-state index in [9.17, 15) is 9.90 Å². The third kappa shape index (κ3) is 4.76. The van der Waals surface area contributed by atoms with E-state index in [1.165, 1.54) is 4.90 Å². The average molecular weight is 323 g/mol. The van der Waals surface area contributed by atoms with E-state index in [-0.39, 0.29) is 18.8 Å². The summed E-state index contributed by atoms with van der Waals surface area (Å²) in [4.78, 5) is 13.8. The summed E-state index contributed by atoms with van der Waals surface area (Å²) in [5.41, 5.74) is -0.567. The van der Waals surface area contributed by atoms with Crippen LogP contribution in [0.15, 0.2) is 24.3 Å². The summed E-state index contributed by atoms with van der Waals surface area (Å²) in [6, 6.07) is 7.03. The number of ether oxygens (including phenoxy) is 3. The standard InChI is InChI=1S/C17H25NO5/c1-17(2,3)23-16(20)18-10-15(8-12(18)11-19)22-14-7-5-6-13(9-14)21-4/h5-7,9,12,15,19H,8,10-11H2,1-4H3. The van der Waals surface area contributed by atoms with Gasteiger partial charge in [0.1, 0.15) is 23.2 Å². The van der Waals surface area contributed by atoms with Crippen LogP contribution in [0.5, 0.6) is 11.5 Å². The molecule has 1 N–H and O–H groups in total. The predicted molar refractivity (Wildman–Crippen MR) is 85.8 cm³/mol. The highest BCUT2D eigenvalue weighted by Crippen LogP contribution is 2.26. The zero-order chi connectivity index (χ0) is 17.0. The third-order valence-corrected chi connectivity index (χ3v) is 3.56. The van der Waals surface area contributed by atoms with Crippen molar-refractivity contribution in [3.05, 3.63) is 24.3 Å². The van der Waals surface area contributed by atoms with Crippen molar-refractivity contribution in [1.82, 2.24) is 4.90 Å². The van der Waals surface area contributed by atoms with E-state index in [0.29, 0.717) is 24.5 Å². The molecule has 23 heavy (non-hydrogen) atoms. The van der Waals surface area contributed by atoms with Crippen molar-refractivity contribution in [2.45, 2.75) is 44.9 Å². The van der Waals surface area contributed by atoms with Crippen molar-refractivity contribution < 1.29 is 24.1 Å². The van der Waals surface area contributed by atoms with Crippen molar-refractivity contribution in [3.63, 3.8) is 0 Å². The van der Waals surface area contributed by atoms with Gasteiger partial charge in [0.2, 0.25) is 0 Å². The Morgan fingerprint density at radius 1 is 1.35 bits per heavy atom. The van der Waals surface area contributed by atoms with E-state index in [1.54, 1.807) is 13.2 Å². The van der Waals surface area contributed by atoms with Crippen LogP contribution >= 0.6 is 0 Å². The lowest BCUT2D eigenvalue weighted by Crippen LogP contribution is -2.41. The highest BCUT2D eigenvalue weighted by atomic mass is 16.6. The van der Waals surface area contributed by atoms with Crippen molar-refractivity contribution in [2.75, 3.05) is 20.3 Å². The van der Waals surface area contributed by atoms with Gasteiger partial charge in [-0.2, -0.15) is 0 Å². The Kier molecular flexibility index (Phi) is 5.36. The monoisotopic (exact) mass is 323 g/mol. The highest BCUT2D eigenvalue weighted by Gasteiger charge is 2.38. The lowest BCUT2D eigenvalue weighted by molar-refractivity contribution is 0.0165. The van der Waals surface area contributed by atoms with Gasteiger partial charge >= 0.3 is 6.09 Å². The molecule has 1 heterocycles. The summed E-state index contributed by atoms with van der Waals surface area (Å²) in [5.74, 6) is 1.39. The molecule has 0 radical (unpaired) electrons. The zero-order valence-corrected chi connectivity index (χ0v) is 14.1. The molecule has 128 valence electrons. The number of hydrogen-bond donors (Lipinski definition) is 1. The quantitative estimate of drug-likeness (QED) is 0.922. The van der Waals surface area contributed by atoms with Gasteiger partial charge in [0.25, 0.3) is 0 Å². The molecule has 0 bridgehead atoms. The van der Waals surface area contributed by atoms with Gasteiger partial charge in [-0.15, -0.1) is 0 Å². The Morgan fingerprint density at radius 3 is 2.65 bits per heavy atom. The highest BCUT2D eigenvalue weighted by molar-refractivity contribution is 5.69. The topological polar surface area (TPSA) is 68.2 Å². The molecule has 1 saturated heterocycles. The van der Waals surface area contributed by atoms with E-state index in [0.717, 1.165) is 0 Å². The molecule has 2 atom stereocenters. The maximum atomic E-state index is 12.2. The zero-order valence-electron chi connectivity index (χ0n) is 14.1. The first kappa shape index (κ1) is 17.4. The fraction of sp³-hybridized carbons (Fsp3) is 0.588. The Balaban J connectivity index is 2.01. The van der Waals surface area contributed by atoms with Gasteiger partial charge in [-0.05, 0) is 32.9 Å². The van der Waals surface area contributed by atoms with Crippen LogP contribution in [0, 0.1) is 0 Å². The van der Waals surface area contributed by atoms with Crippen LogP contribution in [-0.2, 0) is 4.74 Å². The van der Waals surface area contributed by atoms with Crippen LogP contribution in [0.3, 0.4) is 0 Å². The molecule has 1 aromatic carbocycles. The van der Waals surface area contributed by atoms with Gasteiger partial charge < -0.3 is 19.3 Å². The number of carbonyl (C=O) groups is 1. The lowest BCUT2D eigenvalue weighted by atomic mass is 10.2. The van der Waals surface area contributed by atoms with Gasteiger partial charge in [0.05, 0.1) is 26.3 Å². The molecule has 0 aromatic heterocycles. The maximum absolute atomic E-state index is 12.2. The summed E-state index contributed by atoms with van der Waals surface area (Å²) in [6.45, 7) is 5.73. The molecule has 6 heteroatoms. The van der Waals surface area contributed by atoms with Crippen LogP contribution < -0.4 is 9.47 Å². The second kappa shape index (κ2) is 7.08. The first-order valence-electron chi connectivity index (χ1n) is 7.73. The minimum absolute atomic E-state index is 0.114. The van der Waals surface area contributed by atoms with E-state index in [2.05, 4.69) is 0 Å². The van der Waals surface area contributed by atoms with E-state index in [1.807, 2.05) is 39.0 Å². The molecule has 1 fully saturated rings. The van der Waals surface area contributed by atoms with Crippen LogP contribution in [0.25, 0.3) is 0 Å².